The van der Waals surface area contributed by atoms with Crippen molar-refractivity contribution < 1.29 is 14.3 Å². The van der Waals surface area contributed by atoms with Crippen molar-refractivity contribution in [2.45, 2.75) is 31.8 Å². The summed E-state index contributed by atoms with van der Waals surface area (Å²) in [5.74, 6) is 0.880. The molecule has 2 aromatic heterocycles. The normalized spacial score (nSPS) is 19.8. The molecular formula is C21H24N4O3. The fourth-order valence-corrected chi connectivity index (χ4v) is 3.82. The van der Waals surface area contributed by atoms with E-state index in [4.69, 9.17) is 4.74 Å². The number of ether oxygens (including phenoxy) is 1. The van der Waals surface area contributed by atoms with Gasteiger partial charge in [-0.25, -0.2) is 4.98 Å². The van der Waals surface area contributed by atoms with Gasteiger partial charge in [-0.05, 0) is 31.0 Å². The quantitative estimate of drug-likeness (QED) is 0.812. The van der Waals surface area contributed by atoms with Crippen LogP contribution in [-0.2, 0) is 4.79 Å². The maximum absolute atomic E-state index is 12.4. The number of nitrogens with zero attached hydrogens (tertiary/aromatic N) is 4. The van der Waals surface area contributed by atoms with E-state index in [2.05, 4.69) is 9.97 Å². The minimum Gasteiger partial charge on any atom is -0.470 e. The van der Waals surface area contributed by atoms with Gasteiger partial charge in [-0.3, -0.25) is 14.6 Å². The van der Waals surface area contributed by atoms with Crippen LogP contribution < -0.4 is 4.74 Å². The van der Waals surface area contributed by atoms with Crippen molar-refractivity contribution in [1.82, 2.24) is 19.8 Å². The first kappa shape index (κ1) is 18.4. The second-order valence-corrected chi connectivity index (χ2v) is 7.37. The third-order valence-corrected chi connectivity index (χ3v) is 5.40. The third kappa shape index (κ3) is 3.83. The molecule has 7 nitrogen and oxygen atoms in total. The van der Waals surface area contributed by atoms with Gasteiger partial charge in [0.25, 0.3) is 5.91 Å². The molecule has 0 radical (unpaired) electrons. The minimum absolute atomic E-state index is 0.0752. The van der Waals surface area contributed by atoms with E-state index in [1.165, 1.54) is 0 Å². The van der Waals surface area contributed by atoms with Crippen molar-refractivity contribution in [2.24, 2.45) is 0 Å². The Morgan fingerprint density at radius 2 is 1.86 bits per heavy atom. The maximum Gasteiger partial charge on any atom is 0.272 e. The SMILES string of the molecule is CC(=O)N1CCCC(c2cccnc2OC2CN(C(=O)c3ccccn3)C2)C1. The lowest BCUT2D eigenvalue weighted by atomic mass is 9.91. The summed E-state index contributed by atoms with van der Waals surface area (Å²) in [6.45, 7) is 4.18. The predicted molar refractivity (Wildman–Crippen MR) is 103 cm³/mol. The van der Waals surface area contributed by atoms with E-state index in [1.807, 2.05) is 23.1 Å². The molecular weight excluding hydrogens is 356 g/mol. The fourth-order valence-electron chi connectivity index (χ4n) is 3.82. The van der Waals surface area contributed by atoms with Crippen LogP contribution in [0.3, 0.4) is 0 Å². The number of piperidine rings is 1. The number of carbonyl (C=O) groups is 2. The number of rotatable bonds is 4. The summed E-state index contributed by atoms with van der Waals surface area (Å²) in [4.78, 5) is 36.3. The molecule has 2 aromatic rings. The average Bonchev–Trinajstić information content (AvgIpc) is 2.71. The van der Waals surface area contributed by atoms with Crippen LogP contribution in [0.2, 0.25) is 0 Å². The Bertz CT molecular complexity index is 852. The maximum atomic E-state index is 12.4. The van der Waals surface area contributed by atoms with Gasteiger partial charge in [-0.15, -0.1) is 0 Å². The zero-order valence-electron chi connectivity index (χ0n) is 16.0. The fraction of sp³-hybridized carbons (Fsp3) is 0.429. The Kier molecular flexibility index (Phi) is 5.23. The summed E-state index contributed by atoms with van der Waals surface area (Å²) >= 11 is 0. The van der Waals surface area contributed by atoms with Gasteiger partial charge in [0, 0.05) is 43.9 Å². The molecule has 7 heteroatoms. The molecule has 2 aliphatic heterocycles. The lowest BCUT2D eigenvalue weighted by Gasteiger charge is -2.39. The van der Waals surface area contributed by atoms with Crippen molar-refractivity contribution >= 4 is 11.8 Å². The Labute approximate surface area is 164 Å². The van der Waals surface area contributed by atoms with Crippen molar-refractivity contribution in [3.63, 3.8) is 0 Å². The molecule has 0 N–H and O–H groups in total. The van der Waals surface area contributed by atoms with Crippen LogP contribution in [0, 0.1) is 0 Å². The van der Waals surface area contributed by atoms with Gasteiger partial charge in [0.05, 0.1) is 13.1 Å². The number of likely N-dealkylation sites (tertiary alicyclic amines) is 2. The first-order valence-corrected chi connectivity index (χ1v) is 9.69. The number of hydrogen-bond donors (Lipinski definition) is 0. The van der Waals surface area contributed by atoms with E-state index < -0.39 is 0 Å². The largest absolute Gasteiger partial charge is 0.470 e. The van der Waals surface area contributed by atoms with E-state index >= 15 is 0 Å². The van der Waals surface area contributed by atoms with Gasteiger partial charge in [-0.1, -0.05) is 12.1 Å². The van der Waals surface area contributed by atoms with Gasteiger partial charge in [0.1, 0.15) is 11.8 Å². The predicted octanol–water partition coefficient (Wildman–Crippen LogP) is 2.11. The Balaban J connectivity index is 1.39. The van der Waals surface area contributed by atoms with Crippen LogP contribution in [-0.4, -0.2) is 63.9 Å². The standard InChI is InChI=1S/C21H24N4O3/c1-15(26)24-11-5-6-16(12-24)18-7-4-10-23-20(18)28-17-13-25(14-17)21(27)19-8-2-3-9-22-19/h2-4,7-10,16-17H,5-6,11-14H2,1H3. The zero-order chi connectivity index (χ0) is 19.5. The number of amides is 2. The topological polar surface area (TPSA) is 75.6 Å². The van der Waals surface area contributed by atoms with Crippen LogP contribution in [0.5, 0.6) is 5.88 Å². The highest BCUT2D eigenvalue weighted by molar-refractivity contribution is 5.92. The highest BCUT2D eigenvalue weighted by Crippen LogP contribution is 2.33. The monoisotopic (exact) mass is 380 g/mol. The van der Waals surface area contributed by atoms with E-state index in [9.17, 15) is 9.59 Å². The van der Waals surface area contributed by atoms with Crippen LogP contribution in [0.4, 0.5) is 0 Å². The lowest BCUT2D eigenvalue weighted by molar-refractivity contribution is -0.130. The summed E-state index contributed by atoms with van der Waals surface area (Å²) in [6.07, 6.45) is 5.26. The number of carbonyl (C=O) groups excluding carboxylic acids is 2. The van der Waals surface area contributed by atoms with E-state index in [1.54, 1.807) is 36.4 Å². The second-order valence-electron chi connectivity index (χ2n) is 7.37. The van der Waals surface area contributed by atoms with Gasteiger partial charge < -0.3 is 14.5 Å². The molecule has 2 aliphatic rings. The second kappa shape index (κ2) is 7.96. The van der Waals surface area contributed by atoms with Gasteiger partial charge in [0.15, 0.2) is 0 Å². The average molecular weight is 380 g/mol. The van der Waals surface area contributed by atoms with Crippen LogP contribution >= 0.6 is 0 Å². The van der Waals surface area contributed by atoms with Crippen LogP contribution in [0.15, 0.2) is 42.7 Å². The van der Waals surface area contributed by atoms with Crippen LogP contribution in [0.25, 0.3) is 0 Å². The molecule has 0 spiro atoms. The van der Waals surface area contributed by atoms with Crippen molar-refractivity contribution in [3.05, 3.63) is 54.0 Å². The van der Waals surface area contributed by atoms with Gasteiger partial charge in [-0.2, -0.15) is 0 Å². The van der Waals surface area contributed by atoms with Crippen molar-refractivity contribution in [2.75, 3.05) is 26.2 Å². The molecule has 0 aliphatic carbocycles. The summed E-state index contributed by atoms with van der Waals surface area (Å²) in [5.41, 5.74) is 1.49. The first-order chi connectivity index (χ1) is 13.6. The van der Waals surface area contributed by atoms with Crippen molar-refractivity contribution in [1.29, 1.82) is 0 Å². The summed E-state index contributed by atoms with van der Waals surface area (Å²) in [6, 6.07) is 9.26. The number of aromatic nitrogens is 2. The molecule has 0 saturated carbocycles. The minimum atomic E-state index is -0.0777. The molecule has 2 fully saturated rings. The third-order valence-electron chi connectivity index (χ3n) is 5.40. The van der Waals surface area contributed by atoms with Crippen LogP contribution in [0.1, 0.15) is 41.7 Å². The first-order valence-electron chi connectivity index (χ1n) is 9.69. The molecule has 4 heterocycles. The van der Waals surface area contributed by atoms with E-state index in [0.717, 1.165) is 24.9 Å². The molecule has 1 unspecified atom stereocenters. The highest BCUT2D eigenvalue weighted by atomic mass is 16.5. The molecule has 4 rings (SSSR count). The van der Waals surface area contributed by atoms with Gasteiger partial charge in [0.2, 0.25) is 11.8 Å². The molecule has 0 aromatic carbocycles. The van der Waals surface area contributed by atoms with Gasteiger partial charge >= 0.3 is 0 Å². The molecule has 2 amide bonds. The Morgan fingerprint density at radius 1 is 1.04 bits per heavy atom. The molecule has 146 valence electrons. The Hall–Kier alpha value is -2.96. The highest BCUT2D eigenvalue weighted by Gasteiger charge is 2.35. The summed E-state index contributed by atoms with van der Waals surface area (Å²) in [5, 5.41) is 0. The molecule has 1 atom stereocenters. The number of pyridine rings is 2. The smallest absolute Gasteiger partial charge is 0.272 e. The van der Waals surface area contributed by atoms with E-state index in [-0.39, 0.29) is 23.8 Å². The summed E-state index contributed by atoms with van der Waals surface area (Å²) in [7, 11) is 0. The zero-order valence-corrected chi connectivity index (χ0v) is 16.0. The molecule has 2 saturated heterocycles. The Morgan fingerprint density at radius 3 is 2.61 bits per heavy atom. The molecule has 28 heavy (non-hydrogen) atoms. The number of hydrogen-bond acceptors (Lipinski definition) is 5. The molecule has 0 bridgehead atoms. The summed E-state index contributed by atoms with van der Waals surface area (Å²) < 4.78 is 6.12. The van der Waals surface area contributed by atoms with Crippen molar-refractivity contribution in [3.8, 4) is 5.88 Å². The lowest BCUT2D eigenvalue weighted by Crippen LogP contribution is -2.56. The van der Waals surface area contributed by atoms with E-state index in [0.29, 0.717) is 31.2 Å².